The summed E-state index contributed by atoms with van der Waals surface area (Å²) in [4.78, 5) is 0. The first-order valence-corrected chi connectivity index (χ1v) is 8.85. The molecule has 0 saturated carbocycles. The summed E-state index contributed by atoms with van der Waals surface area (Å²) in [5, 5.41) is 3.67. The molecule has 2 heterocycles. The van der Waals surface area contributed by atoms with Crippen molar-refractivity contribution >= 4 is 0 Å². The summed E-state index contributed by atoms with van der Waals surface area (Å²) in [5.41, 5.74) is 1.45. The third-order valence-electron chi connectivity index (χ3n) is 4.97. The third kappa shape index (κ3) is 4.23. The van der Waals surface area contributed by atoms with Crippen molar-refractivity contribution in [2.24, 2.45) is 0 Å². The van der Waals surface area contributed by atoms with Crippen LogP contribution >= 0.6 is 0 Å². The molecule has 2 saturated heterocycles. The Morgan fingerprint density at radius 2 is 1.71 bits per heavy atom. The largest absolute Gasteiger partial charge is 0.490 e. The Hall–Kier alpha value is -1.02. The molecule has 1 N–H and O–H groups in total. The zero-order valence-corrected chi connectivity index (χ0v) is 13.3. The molecule has 21 heavy (non-hydrogen) atoms. The van der Waals surface area contributed by atoms with Crippen molar-refractivity contribution in [3.63, 3.8) is 0 Å². The Bertz CT molecular complexity index is 416. The van der Waals surface area contributed by atoms with Crippen molar-refractivity contribution < 1.29 is 4.74 Å². The van der Waals surface area contributed by atoms with Gasteiger partial charge in [0.25, 0.3) is 0 Å². The minimum atomic E-state index is 0.416. The molecule has 2 heteroatoms. The summed E-state index contributed by atoms with van der Waals surface area (Å²) < 4.78 is 6.19. The van der Waals surface area contributed by atoms with Gasteiger partial charge in [0.15, 0.2) is 0 Å². The highest BCUT2D eigenvalue weighted by molar-refractivity contribution is 5.27. The van der Waals surface area contributed by atoms with E-state index in [0.29, 0.717) is 18.2 Å². The van der Waals surface area contributed by atoms with Gasteiger partial charge in [-0.15, -0.1) is 0 Å². The van der Waals surface area contributed by atoms with Gasteiger partial charge >= 0.3 is 0 Å². The molecule has 3 rings (SSSR count). The number of benzene rings is 1. The summed E-state index contributed by atoms with van der Waals surface area (Å²) in [6.07, 6.45) is 12.0. The standard InChI is InChI=1S/C19H29NO/c1-2-3-4-5-6-15-7-11-18(12-8-15)21-19-13-16-9-10-17(14-19)20-16/h7-8,11-12,16-17,19-20H,2-6,9-10,13-14H2,1H3/t16-,17+,19?. The second-order valence-corrected chi connectivity index (χ2v) is 6.80. The lowest BCUT2D eigenvalue weighted by Crippen LogP contribution is -2.42. The molecule has 3 atom stereocenters. The van der Waals surface area contributed by atoms with Crippen LogP contribution in [-0.2, 0) is 6.42 Å². The van der Waals surface area contributed by atoms with Crippen LogP contribution in [0.3, 0.4) is 0 Å². The Balaban J connectivity index is 1.46. The van der Waals surface area contributed by atoms with Crippen LogP contribution in [0.2, 0.25) is 0 Å². The molecule has 1 aromatic carbocycles. The summed E-state index contributed by atoms with van der Waals surface area (Å²) >= 11 is 0. The second-order valence-electron chi connectivity index (χ2n) is 6.80. The zero-order chi connectivity index (χ0) is 14.5. The van der Waals surface area contributed by atoms with E-state index >= 15 is 0 Å². The van der Waals surface area contributed by atoms with E-state index < -0.39 is 0 Å². The van der Waals surface area contributed by atoms with E-state index in [2.05, 4.69) is 36.5 Å². The van der Waals surface area contributed by atoms with E-state index in [-0.39, 0.29) is 0 Å². The average molecular weight is 287 g/mol. The molecule has 1 unspecified atom stereocenters. The normalized spacial score (nSPS) is 27.8. The fourth-order valence-electron chi connectivity index (χ4n) is 3.78. The maximum Gasteiger partial charge on any atom is 0.119 e. The highest BCUT2D eigenvalue weighted by Gasteiger charge is 2.34. The Labute approximate surface area is 129 Å². The first-order chi connectivity index (χ1) is 10.3. The van der Waals surface area contributed by atoms with Crippen LogP contribution in [0.15, 0.2) is 24.3 Å². The van der Waals surface area contributed by atoms with Crippen LogP contribution in [0.5, 0.6) is 5.75 Å². The number of unbranched alkanes of at least 4 members (excludes halogenated alkanes) is 3. The molecule has 0 aliphatic carbocycles. The molecule has 0 amide bonds. The number of fused-ring (bicyclic) bond motifs is 2. The molecule has 2 aliphatic rings. The molecular formula is C19H29NO. The predicted molar refractivity (Wildman–Crippen MR) is 87.9 cm³/mol. The van der Waals surface area contributed by atoms with Crippen LogP contribution in [0, 0.1) is 0 Å². The molecule has 2 bridgehead atoms. The maximum absolute atomic E-state index is 6.19. The van der Waals surface area contributed by atoms with E-state index in [1.165, 1.54) is 63.4 Å². The lowest BCUT2D eigenvalue weighted by Gasteiger charge is -2.29. The first-order valence-electron chi connectivity index (χ1n) is 8.85. The number of hydrogen-bond donors (Lipinski definition) is 1. The first kappa shape index (κ1) is 14.9. The van der Waals surface area contributed by atoms with E-state index in [4.69, 9.17) is 4.74 Å². The summed E-state index contributed by atoms with van der Waals surface area (Å²) in [6, 6.07) is 10.2. The lowest BCUT2D eigenvalue weighted by molar-refractivity contribution is 0.137. The van der Waals surface area contributed by atoms with Crippen molar-refractivity contribution in [2.45, 2.75) is 82.9 Å². The number of nitrogens with one attached hydrogen (secondary N) is 1. The van der Waals surface area contributed by atoms with Gasteiger partial charge < -0.3 is 10.1 Å². The number of piperidine rings is 1. The van der Waals surface area contributed by atoms with Gasteiger partial charge in [0, 0.05) is 12.1 Å². The molecule has 116 valence electrons. The van der Waals surface area contributed by atoms with Crippen LogP contribution in [0.1, 0.15) is 63.9 Å². The average Bonchev–Trinajstić information content (AvgIpc) is 2.84. The minimum Gasteiger partial charge on any atom is -0.490 e. The fraction of sp³-hybridized carbons (Fsp3) is 0.684. The summed E-state index contributed by atoms with van der Waals surface area (Å²) in [7, 11) is 0. The quantitative estimate of drug-likeness (QED) is 0.747. The maximum atomic E-state index is 6.19. The van der Waals surface area contributed by atoms with Gasteiger partial charge in [-0.3, -0.25) is 0 Å². The van der Waals surface area contributed by atoms with Gasteiger partial charge in [0.05, 0.1) is 0 Å². The van der Waals surface area contributed by atoms with Gasteiger partial charge in [0.1, 0.15) is 11.9 Å². The van der Waals surface area contributed by atoms with Gasteiger partial charge in [-0.2, -0.15) is 0 Å². The van der Waals surface area contributed by atoms with Gasteiger partial charge in [-0.25, -0.2) is 0 Å². The van der Waals surface area contributed by atoms with Crippen molar-refractivity contribution in [1.29, 1.82) is 0 Å². The number of hydrogen-bond acceptors (Lipinski definition) is 2. The minimum absolute atomic E-state index is 0.416. The van der Waals surface area contributed by atoms with Crippen LogP contribution < -0.4 is 10.1 Å². The van der Waals surface area contributed by atoms with E-state index in [9.17, 15) is 0 Å². The number of aryl methyl sites for hydroxylation is 1. The van der Waals surface area contributed by atoms with E-state index in [1.807, 2.05) is 0 Å². The predicted octanol–water partition coefficient (Wildman–Crippen LogP) is 4.47. The van der Waals surface area contributed by atoms with Crippen molar-refractivity contribution in [2.75, 3.05) is 0 Å². The Morgan fingerprint density at radius 3 is 2.38 bits per heavy atom. The second kappa shape index (κ2) is 7.31. The topological polar surface area (TPSA) is 21.3 Å². The van der Waals surface area contributed by atoms with Crippen molar-refractivity contribution in [1.82, 2.24) is 5.32 Å². The van der Waals surface area contributed by atoms with E-state index in [1.54, 1.807) is 0 Å². The molecule has 2 nitrogen and oxygen atoms in total. The lowest BCUT2D eigenvalue weighted by atomic mass is 10.0. The highest BCUT2D eigenvalue weighted by Crippen LogP contribution is 2.29. The SMILES string of the molecule is CCCCCCc1ccc(OC2C[C@H]3CC[C@@H](C2)N3)cc1. The van der Waals surface area contributed by atoms with Crippen LogP contribution in [0.4, 0.5) is 0 Å². The molecule has 2 aliphatic heterocycles. The number of rotatable bonds is 7. The molecule has 2 fully saturated rings. The number of ether oxygens (including phenoxy) is 1. The summed E-state index contributed by atoms with van der Waals surface area (Å²) in [5.74, 6) is 1.05. The summed E-state index contributed by atoms with van der Waals surface area (Å²) in [6.45, 7) is 2.26. The van der Waals surface area contributed by atoms with Crippen molar-refractivity contribution in [3.05, 3.63) is 29.8 Å². The molecule has 1 aromatic rings. The molecular weight excluding hydrogens is 258 g/mol. The van der Waals surface area contributed by atoms with E-state index in [0.717, 1.165) is 5.75 Å². The molecule has 0 aromatic heterocycles. The van der Waals surface area contributed by atoms with Crippen molar-refractivity contribution in [3.8, 4) is 5.75 Å². The van der Waals surface area contributed by atoms with Gasteiger partial charge in [0.2, 0.25) is 0 Å². The third-order valence-corrected chi connectivity index (χ3v) is 4.97. The van der Waals surface area contributed by atoms with Gasteiger partial charge in [-0.05, 0) is 56.2 Å². The Morgan fingerprint density at radius 1 is 1.00 bits per heavy atom. The van der Waals surface area contributed by atoms with Gasteiger partial charge in [-0.1, -0.05) is 38.3 Å². The molecule has 0 radical (unpaired) electrons. The molecule has 0 spiro atoms. The van der Waals surface area contributed by atoms with Crippen LogP contribution in [0.25, 0.3) is 0 Å². The zero-order valence-electron chi connectivity index (χ0n) is 13.3. The Kier molecular flexibility index (Phi) is 5.18. The fourth-order valence-corrected chi connectivity index (χ4v) is 3.78. The smallest absolute Gasteiger partial charge is 0.119 e. The monoisotopic (exact) mass is 287 g/mol. The highest BCUT2D eigenvalue weighted by atomic mass is 16.5. The van der Waals surface area contributed by atoms with Crippen LogP contribution in [-0.4, -0.2) is 18.2 Å².